The topological polar surface area (TPSA) is 51.2 Å². The number of nitrogens with one attached hydrogen (secondary N) is 1. The summed E-state index contributed by atoms with van der Waals surface area (Å²) in [5, 5.41) is 2.79. The Bertz CT molecular complexity index is 788. The molecule has 0 radical (unpaired) electrons. The van der Waals surface area contributed by atoms with Gasteiger partial charge in [0.2, 0.25) is 0 Å². The molecule has 0 fully saturated rings. The third kappa shape index (κ3) is 4.17. The van der Waals surface area contributed by atoms with Gasteiger partial charge in [0, 0.05) is 16.4 Å². The predicted octanol–water partition coefficient (Wildman–Crippen LogP) is 4.89. The number of rotatable bonds is 4. The van der Waals surface area contributed by atoms with Gasteiger partial charge in [0.25, 0.3) is 5.91 Å². The monoisotopic (exact) mass is 368 g/mol. The molecule has 0 unspecified atom stereocenters. The fourth-order valence-electron chi connectivity index (χ4n) is 1.94. The van der Waals surface area contributed by atoms with Crippen molar-refractivity contribution in [2.45, 2.75) is 0 Å². The van der Waals surface area contributed by atoms with Gasteiger partial charge in [-0.25, -0.2) is 0 Å². The molecule has 0 saturated heterocycles. The van der Waals surface area contributed by atoms with Crippen LogP contribution in [0.15, 0.2) is 77.4 Å². The molecular formula is C18H13BrN2O2. The quantitative estimate of drug-likeness (QED) is 0.713. The molecule has 1 heterocycles. The molecule has 2 aromatic carbocycles. The number of benzene rings is 2. The second-order valence-electron chi connectivity index (χ2n) is 4.75. The van der Waals surface area contributed by atoms with Crippen molar-refractivity contribution in [3.05, 3.63) is 83.1 Å². The Hall–Kier alpha value is -2.66. The maximum absolute atomic E-state index is 12.0. The van der Waals surface area contributed by atoms with Crippen LogP contribution in [0.25, 0.3) is 0 Å². The highest BCUT2D eigenvalue weighted by Gasteiger charge is 2.06. The minimum Gasteiger partial charge on any atom is -0.457 e. The van der Waals surface area contributed by atoms with E-state index in [1.54, 1.807) is 48.7 Å². The van der Waals surface area contributed by atoms with Crippen LogP contribution in [0.1, 0.15) is 10.5 Å². The summed E-state index contributed by atoms with van der Waals surface area (Å²) in [4.78, 5) is 16.0. The Morgan fingerprint density at radius 1 is 0.913 bits per heavy atom. The van der Waals surface area contributed by atoms with Gasteiger partial charge < -0.3 is 10.1 Å². The molecule has 114 valence electrons. The first-order chi connectivity index (χ1) is 11.2. The molecule has 0 aliphatic heterocycles. The van der Waals surface area contributed by atoms with Crippen LogP contribution in [0, 0.1) is 0 Å². The SMILES string of the molecule is O=C(Nc1ccc(Oc2ccc(Br)cc2)cc1)c1ccccn1. The minimum absolute atomic E-state index is 0.243. The van der Waals surface area contributed by atoms with Crippen molar-refractivity contribution in [3.63, 3.8) is 0 Å². The summed E-state index contributed by atoms with van der Waals surface area (Å²) in [6.07, 6.45) is 1.59. The van der Waals surface area contributed by atoms with Crippen molar-refractivity contribution in [2.75, 3.05) is 5.32 Å². The van der Waals surface area contributed by atoms with Gasteiger partial charge in [-0.3, -0.25) is 9.78 Å². The summed E-state index contributed by atoms with van der Waals surface area (Å²) in [5.41, 5.74) is 1.06. The first-order valence-electron chi connectivity index (χ1n) is 6.96. The second-order valence-corrected chi connectivity index (χ2v) is 5.67. The van der Waals surface area contributed by atoms with E-state index < -0.39 is 0 Å². The first kappa shape index (κ1) is 15.2. The van der Waals surface area contributed by atoms with Crippen LogP contribution < -0.4 is 10.1 Å². The number of ether oxygens (including phenoxy) is 1. The standard InChI is InChI=1S/C18H13BrN2O2/c19-13-4-8-15(9-5-13)23-16-10-6-14(7-11-16)21-18(22)17-3-1-2-12-20-17/h1-12H,(H,21,22). The Morgan fingerprint density at radius 3 is 2.17 bits per heavy atom. The fraction of sp³-hybridized carbons (Fsp3) is 0. The Balaban J connectivity index is 1.65. The van der Waals surface area contributed by atoms with Gasteiger partial charge in [-0.2, -0.15) is 0 Å². The van der Waals surface area contributed by atoms with E-state index in [0.29, 0.717) is 17.1 Å². The summed E-state index contributed by atoms with van der Waals surface area (Å²) in [5.74, 6) is 1.20. The average molecular weight is 369 g/mol. The molecule has 0 spiro atoms. The van der Waals surface area contributed by atoms with E-state index in [4.69, 9.17) is 4.74 Å². The molecule has 1 amide bonds. The van der Waals surface area contributed by atoms with E-state index in [2.05, 4.69) is 26.2 Å². The van der Waals surface area contributed by atoms with E-state index in [0.717, 1.165) is 10.2 Å². The van der Waals surface area contributed by atoms with Gasteiger partial charge in [-0.05, 0) is 60.7 Å². The molecule has 0 aliphatic rings. The maximum Gasteiger partial charge on any atom is 0.274 e. The molecule has 3 rings (SSSR count). The molecule has 0 atom stereocenters. The number of hydrogen-bond donors (Lipinski definition) is 1. The van der Waals surface area contributed by atoms with Crippen LogP contribution >= 0.6 is 15.9 Å². The van der Waals surface area contributed by atoms with Crippen LogP contribution in [-0.4, -0.2) is 10.9 Å². The summed E-state index contributed by atoms with van der Waals surface area (Å²) in [7, 11) is 0. The fourth-order valence-corrected chi connectivity index (χ4v) is 2.20. The Kier molecular flexibility index (Phi) is 4.68. The van der Waals surface area contributed by atoms with Crippen molar-refractivity contribution in [2.24, 2.45) is 0 Å². The van der Waals surface area contributed by atoms with Gasteiger partial charge >= 0.3 is 0 Å². The van der Waals surface area contributed by atoms with E-state index in [9.17, 15) is 4.79 Å². The van der Waals surface area contributed by atoms with Gasteiger partial charge in [0.15, 0.2) is 0 Å². The van der Waals surface area contributed by atoms with E-state index in [-0.39, 0.29) is 5.91 Å². The zero-order valence-corrected chi connectivity index (χ0v) is 13.7. The number of amides is 1. The second kappa shape index (κ2) is 7.07. The van der Waals surface area contributed by atoms with Crippen molar-refractivity contribution < 1.29 is 9.53 Å². The molecule has 0 saturated carbocycles. The third-order valence-electron chi connectivity index (χ3n) is 3.06. The number of carbonyl (C=O) groups excluding carboxylic acids is 1. The predicted molar refractivity (Wildman–Crippen MR) is 92.8 cm³/mol. The van der Waals surface area contributed by atoms with Crippen LogP contribution in [0.4, 0.5) is 5.69 Å². The van der Waals surface area contributed by atoms with Gasteiger partial charge in [-0.15, -0.1) is 0 Å². The van der Waals surface area contributed by atoms with Crippen LogP contribution in [0.3, 0.4) is 0 Å². The van der Waals surface area contributed by atoms with Crippen molar-refractivity contribution in [3.8, 4) is 11.5 Å². The van der Waals surface area contributed by atoms with Crippen LogP contribution in [0.2, 0.25) is 0 Å². The molecule has 5 heteroatoms. The average Bonchev–Trinajstić information content (AvgIpc) is 2.59. The lowest BCUT2D eigenvalue weighted by molar-refractivity contribution is 0.102. The number of halogens is 1. The number of pyridine rings is 1. The molecule has 1 N–H and O–H groups in total. The lowest BCUT2D eigenvalue weighted by Crippen LogP contribution is -2.13. The smallest absolute Gasteiger partial charge is 0.274 e. The highest BCUT2D eigenvalue weighted by Crippen LogP contribution is 2.24. The highest BCUT2D eigenvalue weighted by atomic mass is 79.9. The normalized spacial score (nSPS) is 10.1. The molecule has 0 aliphatic carbocycles. The summed E-state index contributed by atoms with van der Waals surface area (Å²) in [6.45, 7) is 0. The Labute approximate surface area is 142 Å². The van der Waals surface area contributed by atoms with E-state index in [1.807, 2.05) is 24.3 Å². The lowest BCUT2D eigenvalue weighted by atomic mass is 10.2. The van der Waals surface area contributed by atoms with Crippen LogP contribution in [-0.2, 0) is 0 Å². The Morgan fingerprint density at radius 2 is 1.57 bits per heavy atom. The van der Waals surface area contributed by atoms with Crippen molar-refractivity contribution in [1.29, 1.82) is 0 Å². The van der Waals surface area contributed by atoms with Gasteiger partial charge in [0.1, 0.15) is 17.2 Å². The van der Waals surface area contributed by atoms with Crippen molar-refractivity contribution in [1.82, 2.24) is 4.98 Å². The van der Waals surface area contributed by atoms with Gasteiger partial charge in [-0.1, -0.05) is 22.0 Å². The van der Waals surface area contributed by atoms with E-state index in [1.165, 1.54) is 0 Å². The third-order valence-corrected chi connectivity index (χ3v) is 3.59. The van der Waals surface area contributed by atoms with Crippen molar-refractivity contribution >= 4 is 27.5 Å². The van der Waals surface area contributed by atoms with Gasteiger partial charge in [0.05, 0.1) is 0 Å². The first-order valence-corrected chi connectivity index (χ1v) is 7.76. The molecule has 3 aromatic rings. The number of hydrogen-bond acceptors (Lipinski definition) is 3. The maximum atomic E-state index is 12.0. The molecule has 4 nitrogen and oxygen atoms in total. The molecular weight excluding hydrogens is 356 g/mol. The number of aromatic nitrogens is 1. The number of nitrogens with zero attached hydrogens (tertiary/aromatic N) is 1. The summed E-state index contributed by atoms with van der Waals surface area (Å²) in [6, 6.07) is 20.0. The zero-order valence-electron chi connectivity index (χ0n) is 12.1. The number of carbonyl (C=O) groups is 1. The molecule has 0 bridgehead atoms. The van der Waals surface area contributed by atoms with E-state index >= 15 is 0 Å². The van der Waals surface area contributed by atoms with Crippen LogP contribution in [0.5, 0.6) is 11.5 Å². The molecule has 23 heavy (non-hydrogen) atoms. The lowest BCUT2D eigenvalue weighted by Gasteiger charge is -2.08. The number of anilines is 1. The summed E-state index contributed by atoms with van der Waals surface area (Å²) >= 11 is 3.38. The largest absolute Gasteiger partial charge is 0.457 e. The minimum atomic E-state index is -0.243. The highest BCUT2D eigenvalue weighted by molar-refractivity contribution is 9.10. The zero-order chi connectivity index (χ0) is 16.1. The summed E-state index contributed by atoms with van der Waals surface area (Å²) < 4.78 is 6.73. The molecule has 1 aromatic heterocycles.